The minimum atomic E-state index is 0.596. The van der Waals surface area contributed by atoms with Gasteiger partial charge in [-0.15, -0.1) is 11.3 Å². The molecule has 0 amide bonds. The Bertz CT molecular complexity index is 478. The highest BCUT2D eigenvalue weighted by atomic mass is 32.1. The second kappa shape index (κ2) is 5.50. The second-order valence-electron chi connectivity index (χ2n) is 4.99. The molecule has 92 valence electrons. The third-order valence-corrected chi connectivity index (χ3v) is 3.62. The third-order valence-electron chi connectivity index (χ3n) is 2.70. The molecule has 0 aliphatic carbocycles. The Labute approximate surface area is 107 Å². The summed E-state index contributed by atoms with van der Waals surface area (Å²) < 4.78 is 7.07. The largest absolute Gasteiger partial charge is 0.492 e. The van der Waals surface area contributed by atoms with Crippen LogP contribution in [0.1, 0.15) is 27.2 Å². The smallest absolute Gasteiger partial charge is 0.140 e. The van der Waals surface area contributed by atoms with Crippen molar-refractivity contribution in [2.45, 2.75) is 27.2 Å². The summed E-state index contributed by atoms with van der Waals surface area (Å²) in [5.74, 6) is 2.30. The fraction of sp³-hybridized carbons (Fsp3) is 0.500. The number of rotatable bonds is 5. The van der Waals surface area contributed by atoms with Gasteiger partial charge in [-0.3, -0.25) is 4.98 Å². The summed E-state index contributed by atoms with van der Waals surface area (Å²) in [4.78, 5) is 4.31. The number of fused-ring (bicyclic) bond motifs is 1. The first kappa shape index (κ1) is 12.4. The van der Waals surface area contributed by atoms with Crippen LogP contribution in [-0.4, -0.2) is 11.6 Å². The molecule has 1 atom stereocenters. The molecule has 0 aromatic carbocycles. The van der Waals surface area contributed by atoms with Crippen molar-refractivity contribution < 1.29 is 4.74 Å². The molecule has 3 heteroatoms. The van der Waals surface area contributed by atoms with E-state index < -0.39 is 0 Å². The average Bonchev–Trinajstić information content (AvgIpc) is 2.73. The minimum Gasteiger partial charge on any atom is -0.492 e. The molecule has 2 heterocycles. The number of nitrogens with zero attached hydrogens (tertiary/aromatic N) is 1. The molecule has 0 saturated carbocycles. The Kier molecular flexibility index (Phi) is 4.00. The van der Waals surface area contributed by atoms with Crippen LogP contribution in [0.15, 0.2) is 23.7 Å². The molecule has 0 bridgehead atoms. The van der Waals surface area contributed by atoms with Gasteiger partial charge in [0.05, 0.1) is 16.8 Å². The summed E-state index contributed by atoms with van der Waals surface area (Å²) in [5, 5.41) is 2.06. The molecule has 0 saturated heterocycles. The highest BCUT2D eigenvalue weighted by Crippen LogP contribution is 2.29. The standard InChI is InChI=1S/C14H19NOS/c1-10(2)8-11(3)9-16-13-4-6-15-12-5-7-17-14(12)13/h4-7,10-11H,8-9H2,1-3H3. The molecule has 17 heavy (non-hydrogen) atoms. The molecule has 0 aliphatic rings. The average molecular weight is 249 g/mol. The fourth-order valence-electron chi connectivity index (χ4n) is 2.07. The summed E-state index contributed by atoms with van der Waals surface area (Å²) in [6.07, 6.45) is 3.02. The molecular formula is C14H19NOS. The van der Waals surface area contributed by atoms with Crippen LogP contribution in [0, 0.1) is 11.8 Å². The molecule has 1 unspecified atom stereocenters. The monoisotopic (exact) mass is 249 g/mol. The van der Waals surface area contributed by atoms with Crippen molar-refractivity contribution in [1.29, 1.82) is 0 Å². The Hall–Kier alpha value is -1.09. The summed E-state index contributed by atoms with van der Waals surface area (Å²) in [5.41, 5.74) is 1.03. The maximum absolute atomic E-state index is 5.91. The van der Waals surface area contributed by atoms with Crippen molar-refractivity contribution in [2.24, 2.45) is 11.8 Å². The Morgan fingerprint density at radius 3 is 2.88 bits per heavy atom. The van der Waals surface area contributed by atoms with E-state index >= 15 is 0 Å². The van der Waals surface area contributed by atoms with Crippen LogP contribution in [0.2, 0.25) is 0 Å². The lowest BCUT2D eigenvalue weighted by molar-refractivity contribution is 0.241. The van der Waals surface area contributed by atoms with Gasteiger partial charge in [0.1, 0.15) is 5.75 Å². The van der Waals surface area contributed by atoms with Crippen molar-refractivity contribution in [1.82, 2.24) is 4.98 Å². The van der Waals surface area contributed by atoms with Crippen molar-refractivity contribution in [3.63, 3.8) is 0 Å². The second-order valence-corrected chi connectivity index (χ2v) is 5.91. The number of pyridine rings is 1. The van der Waals surface area contributed by atoms with Crippen LogP contribution >= 0.6 is 11.3 Å². The zero-order valence-electron chi connectivity index (χ0n) is 10.6. The van der Waals surface area contributed by atoms with Crippen LogP contribution in [0.5, 0.6) is 5.75 Å². The van der Waals surface area contributed by atoms with E-state index in [0.717, 1.165) is 28.5 Å². The lowest BCUT2D eigenvalue weighted by Crippen LogP contribution is -2.11. The fourth-order valence-corrected chi connectivity index (χ4v) is 2.89. The van der Waals surface area contributed by atoms with E-state index in [9.17, 15) is 0 Å². The number of aromatic nitrogens is 1. The molecule has 2 nitrogen and oxygen atoms in total. The molecule has 0 spiro atoms. The molecule has 2 aromatic heterocycles. The van der Waals surface area contributed by atoms with Crippen LogP contribution in [0.3, 0.4) is 0 Å². The van der Waals surface area contributed by atoms with Crippen molar-refractivity contribution in [2.75, 3.05) is 6.61 Å². The van der Waals surface area contributed by atoms with Crippen molar-refractivity contribution in [3.8, 4) is 5.75 Å². The van der Waals surface area contributed by atoms with Gasteiger partial charge in [-0.1, -0.05) is 20.8 Å². The van der Waals surface area contributed by atoms with Crippen LogP contribution < -0.4 is 4.74 Å². The van der Waals surface area contributed by atoms with E-state index in [1.165, 1.54) is 6.42 Å². The topological polar surface area (TPSA) is 22.1 Å². The lowest BCUT2D eigenvalue weighted by Gasteiger charge is -2.15. The maximum atomic E-state index is 5.91. The molecule has 2 rings (SSSR count). The lowest BCUT2D eigenvalue weighted by atomic mass is 10.00. The Morgan fingerprint density at radius 2 is 2.12 bits per heavy atom. The van der Waals surface area contributed by atoms with Gasteiger partial charge in [0.25, 0.3) is 0 Å². The predicted molar refractivity (Wildman–Crippen MR) is 73.7 cm³/mol. The van der Waals surface area contributed by atoms with Crippen LogP contribution in [0.4, 0.5) is 0 Å². The quantitative estimate of drug-likeness (QED) is 0.785. The van der Waals surface area contributed by atoms with Gasteiger partial charge in [-0.05, 0) is 35.8 Å². The van der Waals surface area contributed by atoms with Gasteiger partial charge in [0, 0.05) is 6.20 Å². The van der Waals surface area contributed by atoms with Gasteiger partial charge in [0.15, 0.2) is 0 Å². The third kappa shape index (κ3) is 3.19. The van der Waals surface area contributed by atoms with E-state index in [2.05, 4.69) is 31.1 Å². The number of thiophene rings is 1. The van der Waals surface area contributed by atoms with E-state index in [-0.39, 0.29) is 0 Å². The summed E-state index contributed by atoms with van der Waals surface area (Å²) in [7, 11) is 0. The van der Waals surface area contributed by atoms with Gasteiger partial charge in [-0.2, -0.15) is 0 Å². The Balaban J connectivity index is 2.01. The highest BCUT2D eigenvalue weighted by Gasteiger charge is 2.08. The molecule has 0 fully saturated rings. The zero-order valence-corrected chi connectivity index (χ0v) is 11.5. The molecular weight excluding hydrogens is 230 g/mol. The van der Waals surface area contributed by atoms with Gasteiger partial charge < -0.3 is 4.74 Å². The predicted octanol–water partition coefficient (Wildman–Crippen LogP) is 4.36. The highest BCUT2D eigenvalue weighted by molar-refractivity contribution is 7.17. The molecule has 2 aromatic rings. The van der Waals surface area contributed by atoms with Gasteiger partial charge in [-0.25, -0.2) is 0 Å². The normalized spacial score (nSPS) is 13.2. The van der Waals surface area contributed by atoms with Crippen molar-refractivity contribution >= 4 is 21.6 Å². The van der Waals surface area contributed by atoms with E-state index in [0.29, 0.717) is 5.92 Å². The van der Waals surface area contributed by atoms with Crippen LogP contribution in [0.25, 0.3) is 10.2 Å². The maximum Gasteiger partial charge on any atom is 0.140 e. The summed E-state index contributed by atoms with van der Waals surface area (Å²) in [6, 6.07) is 3.99. The first-order chi connectivity index (χ1) is 8.16. The van der Waals surface area contributed by atoms with E-state index in [1.807, 2.05) is 18.3 Å². The number of hydrogen-bond acceptors (Lipinski definition) is 3. The molecule has 0 N–H and O–H groups in total. The first-order valence-electron chi connectivity index (χ1n) is 6.12. The van der Waals surface area contributed by atoms with Gasteiger partial charge in [0.2, 0.25) is 0 Å². The summed E-state index contributed by atoms with van der Waals surface area (Å²) >= 11 is 1.69. The summed E-state index contributed by atoms with van der Waals surface area (Å²) in [6.45, 7) is 7.53. The SMILES string of the molecule is CC(C)CC(C)COc1ccnc2ccsc12. The minimum absolute atomic E-state index is 0.596. The first-order valence-corrected chi connectivity index (χ1v) is 6.99. The van der Waals surface area contributed by atoms with E-state index in [1.54, 1.807) is 11.3 Å². The Morgan fingerprint density at radius 1 is 1.29 bits per heavy atom. The molecule has 0 aliphatic heterocycles. The van der Waals surface area contributed by atoms with E-state index in [4.69, 9.17) is 4.74 Å². The van der Waals surface area contributed by atoms with Crippen molar-refractivity contribution in [3.05, 3.63) is 23.7 Å². The van der Waals surface area contributed by atoms with Gasteiger partial charge >= 0.3 is 0 Å². The molecule has 0 radical (unpaired) electrons. The number of hydrogen-bond donors (Lipinski definition) is 0. The number of ether oxygens (including phenoxy) is 1. The zero-order chi connectivity index (χ0) is 12.3. The van der Waals surface area contributed by atoms with Crippen LogP contribution in [-0.2, 0) is 0 Å².